The molecular weight excluding hydrogens is 626 g/mol. The Hall–Kier alpha value is -5.12. The molecule has 0 aromatic heterocycles. The summed E-state index contributed by atoms with van der Waals surface area (Å²) in [7, 11) is 0. The van der Waals surface area contributed by atoms with Crippen LogP contribution in [-0.4, -0.2) is 0 Å². The average molecular weight is 659 g/mol. The summed E-state index contributed by atoms with van der Waals surface area (Å²) in [5.74, 6) is 0.857. The number of allylic oxidation sites excluding steroid dienone is 8. The summed E-state index contributed by atoms with van der Waals surface area (Å²) in [4.78, 5) is 2.38. The fourth-order valence-corrected chi connectivity index (χ4v) is 7.71. The number of hydrogen-bond acceptors (Lipinski definition) is 2. The van der Waals surface area contributed by atoms with Crippen LogP contribution in [0.15, 0.2) is 180 Å². The van der Waals surface area contributed by atoms with E-state index < -0.39 is 5.41 Å². The zero-order chi connectivity index (χ0) is 31.1. The number of benzene rings is 5. The third-order valence-corrected chi connectivity index (χ3v) is 9.91. The van der Waals surface area contributed by atoms with E-state index in [0.29, 0.717) is 0 Å². The van der Waals surface area contributed by atoms with E-state index in [2.05, 4.69) is 167 Å². The lowest BCUT2D eigenvalue weighted by Gasteiger charge is -2.39. The Morgan fingerprint density at radius 1 is 0.609 bits per heavy atom. The molecule has 0 fully saturated rings. The Labute approximate surface area is 279 Å². The molecule has 3 aliphatic rings. The van der Waals surface area contributed by atoms with E-state index in [4.69, 9.17) is 4.74 Å². The van der Waals surface area contributed by atoms with Crippen LogP contribution in [0.25, 0.3) is 16.7 Å². The number of hydrogen-bond donors (Lipinski definition) is 0. The molecule has 8 rings (SSSR count). The van der Waals surface area contributed by atoms with Gasteiger partial charge in [-0.15, -0.1) is 0 Å². The lowest BCUT2D eigenvalue weighted by molar-refractivity contribution is 0.464. The fraction of sp³-hybridized carbons (Fsp3) is 0.0698. The maximum atomic E-state index is 6.53. The molecule has 0 spiro atoms. The quantitative estimate of drug-likeness (QED) is 0.186. The van der Waals surface area contributed by atoms with E-state index in [0.717, 1.165) is 51.1 Å². The van der Waals surface area contributed by atoms with Crippen molar-refractivity contribution in [3.05, 3.63) is 203 Å². The third-order valence-electron chi connectivity index (χ3n) is 9.39. The molecule has 1 heterocycles. The Kier molecular flexibility index (Phi) is 7.19. The van der Waals surface area contributed by atoms with Gasteiger partial charge in [0.1, 0.15) is 5.75 Å². The van der Waals surface area contributed by atoms with Crippen LogP contribution in [0.3, 0.4) is 0 Å². The molecule has 0 N–H and O–H groups in total. The van der Waals surface area contributed by atoms with E-state index in [9.17, 15) is 0 Å². The van der Waals surface area contributed by atoms with Crippen LogP contribution in [0.2, 0.25) is 0 Å². The highest BCUT2D eigenvalue weighted by Gasteiger charge is 2.49. The molecule has 0 radical (unpaired) electrons. The van der Waals surface area contributed by atoms with Crippen molar-refractivity contribution >= 4 is 32.9 Å². The second-order valence-electron chi connectivity index (χ2n) is 11.9. The van der Waals surface area contributed by atoms with Crippen LogP contribution in [0, 0.1) is 0 Å². The minimum Gasteiger partial charge on any atom is -0.464 e. The van der Waals surface area contributed by atoms with Gasteiger partial charge in [0.15, 0.2) is 0 Å². The Bertz CT molecular complexity index is 2050. The minimum atomic E-state index is -0.535. The van der Waals surface area contributed by atoms with Crippen molar-refractivity contribution in [1.29, 1.82) is 0 Å². The molecule has 2 nitrogen and oxygen atoms in total. The molecule has 0 amide bonds. The zero-order valence-electron chi connectivity index (χ0n) is 25.4. The van der Waals surface area contributed by atoms with Gasteiger partial charge in [0.05, 0.1) is 11.7 Å². The number of anilines is 2. The first-order chi connectivity index (χ1) is 22.7. The van der Waals surface area contributed by atoms with Crippen LogP contribution in [-0.2, 0) is 5.41 Å². The van der Waals surface area contributed by atoms with E-state index in [1.807, 2.05) is 12.2 Å². The predicted octanol–water partition coefficient (Wildman–Crippen LogP) is 11.7. The first kappa shape index (κ1) is 28.4. The Morgan fingerprint density at radius 2 is 1.24 bits per heavy atom. The van der Waals surface area contributed by atoms with Gasteiger partial charge in [0, 0.05) is 32.7 Å². The van der Waals surface area contributed by atoms with E-state index in [-0.39, 0.29) is 0 Å². The second kappa shape index (κ2) is 11.7. The Morgan fingerprint density at radius 3 is 1.93 bits per heavy atom. The number of ether oxygens (including phenoxy) is 1. The van der Waals surface area contributed by atoms with Gasteiger partial charge in [-0.25, -0.2) is 0 Å². The topological polar surface area (TPSA) is 12.5 Å². The summed E-state index contributed by atoms with van der Waals surface area (Å²) >= 11 is 3.62. The van der Waals surface area contributed by atoms with Crippen molar-refractivity contribution in [2.45, 2.75) is 18.3 Å². The standard InChI is InChI=1S/C43H32BrNO/c1-30-12-9-10-29-46-42-36(30)17-11-20-41(42)43(39-18-7-5-15-37(39)38-16-6-8-19-40(38)43)31-21-25-34(26-22-31)45(33-13-3-2-4-14-33)35-27-23-32(44)24-28-35/h2-21,23-25,27-29H,1,22,26H2/b12-9-,29-10-. The summed E-state index contributed by atoms with van der Waals surface area (Å²) in [6.45, 7) is 4.41. The van der Waals surface area contributed by atoms with Crippen LogP contribution in [0.4, 0.5) is 11.4 Å². The first-order valence-electron chi connectivity index (χ1n) is 15.7. The number of halogens is 1. The van der Waals surface area contributed by atoms with Crippen molar-refractivity contribution in [2.24, 2.45) is 0 Å². The molecule has 0 atom stereocenters. The number of para-hydroxylation sites is 2. The SMILES string of the molecule is C=C1/C=C\C=C/Oc2c1cccc2C1(C2=CC=C(N(c3ccccc3)c3ccc(Br)cc3)CC2)c2ccccc2-c2ccccc21. The molecule has 0 unspecified atom stereocenters. The molecular formula is C43H32BrNO. The molecule has 3 heteroatoms. The summed E-state index contributed by atoms with van der Waals surface area (Å²) < 4.78 is 7.59. The largest absolute Gasteiger partial charge is 0.464 e. The summed E-state index contributed by atoms with van der Waals surface area (Å²) in [5.41, 5.74) is 12.6. The van der Waals surface area contributed by atoms with E-state index >= 15 is 0 Å². The number of fused-ring (bicyclic) bond motifs is 4. The molecule has 0 saturated carbocycles. The van der Waals surface area contributed by atoms with Gasteiger partial charge in [-0.1, -0.05) is 131 Å². The van der Waals surface area contributed by atoms with Crippen LogP contribution in [0.5, 0.6) is 5.75 Å². The maximum Gasteiger partial charge on any atom is 0.139 e. The lowest BCUT2D eigenvalue weighted by atomic mass is 9.64. The van der Waals surface area contributed by atoms with Gasteiger partial charge in [-0.05, 0) is 89.2 Å². The molecule has 222 valence electrons. The van der Waals surface area contributed by atoms with Crippen molar-refractivity contribution in [3.63, 3.8) is 0 Å². The van der Waals surface area contributed by atoms with Crippen molar-refractivity contribution < 1.29 is 4.74 Å². The first-order valence-corrected chi connectivity index (χ1v) is 16.5. The van der Waals surface area contributed by atoms with E-state index in [1.165, 1.54) is 33.5 Å². The zero-order valence-corrected chi connectivity index (χ0v) is 27.0. The molecule has 0 bridgehead atoms. The predicted molar refractivity (Wildman–Crippen MR) is 194 cm³/mol. The van der Waals surface area contributed by atoms with Gasteiger partial charge in [0.25, 0.3) is 0 Å². The van der Waals surface area contributed by atoms with Gasteiger partial charge in [-0.2, -0.15) is 0 Å². The normalized spacial score (nSPS) is 17.2. The van der Waals surface area contributed by atoms with Crippen molar-refractivity contribution in [3.8, 4) is 16.9 Å². The summed E-state index contributed by atoms with van der Waals surface area (Å²) in [6.07, 6.45) is 14.2. The van der Waals surface area contributed by atoms with Gasteiger partial charge < -0.3 is 9.64 Å². The highest BCUT2D eigenvalue weighted by molar-refractivity contribution is 9.10. The van der Waals surface area contributed by atoms with Gasteiger partial charge in [0.2, 0.25) is 0 Å². The van der Waals surface area contributed by atoms with Crippen molar-refractivity contribution in [2.75, 3.05) is 4.90 Å². The van der Waals surface area contributed by atoms with Crippen LogP contribution < -0.4 is 9.64 Å². The van der Waals surface area contributed by atoms with E-state index in [1.54, 1.807) is 6.26 Å². The van der Waals surface area contributed by atoms with Crippen LogP contribution in [0.1, 0.15) is 35.1 Å². The molecule has 46 heavy (non-hydrogen) atoms. The number of rotatable bonds is 5. The average Bonchev–Trinajstić information content (AvgIpc) is 3.40. The third kappa shape index (κ3) is 4.54. The lowest BCUT2D eigenvalue weighted by Crippen LogP contribution is -2.32. The molecule has 2 aliphatic carbocycles. The molecule has 1 aliphatic heterocycles. The van der Waals surface area contributed by atoms with Crippen LogP contribution >= 0.6 is 15.9 Å². The molecule has 0 saturated heterocycles. The minimum absolute atomic E-state index is 0.535. The number of nitrogens with zero attached hydrogens (tertiary/aromatic N) is 1. The summed E-state index contributed by atoms with van der Waals surface area (Å²) in [5, 5.41) is 0. The molecule has 5 aromatic carbocycles. The smallest absolute Gasteiger partial charge is 0.139 e. The highest BCUT2D eigenvalue weighted by Crippen LogP contribution is 2.60. The summed E-state index contributed by atoms with van der Waals surface area (Å²) in [6, 6.07) is 43.5. The monoisotopic (exact) mass is 657 g/mol. The fourth-order valence-electron chi connectivity index (χ4n) is 7.44. The maximum absolute atomic E-state index is 6.53. The second-order valence-corrected chi connectivity index (χ2v) is 12.8. The highest BCUT2D eigenvalue weighted by atomic mass is 79.9. The van der Waals surface area contributed by atoms with Gasteiger partial charge >= 0.3 is 0 Å². The van der Waals surface area contributed by atoms with Gasteiger partial charge in [-0.3, -0.25) is 0 Å². The molecule has 5 aromatic rings. The van der Waals surface area contributed by atoms with Crippen molar-refractivity contribution in [1.82, 2.24) is 0 Å². The Balaban J connectivity index is 1.37.